The molecule has 23 heavy (non-hydrogen) atoms. The van der Waals surface area contributed by atoms with Gasteiger partial charge in [-0.1, -0.05) is 6.58 Å². The molecular formula is C13H18N6O4. The lowest BCUT2D eigenvalue weighted by molar-refractivity contribution is -0.159. The van der Waals surface area contributed by atoms with Crippen LogP contribution >= 0.6 is 0 Å². The lowest BCUT2D eigenvalue weighted by atomic mass is 9.88. The Morgan fingerprint density at radius 2 is 2.43 bits per heavy atom. The number of hydrogen-bond donors (Lipinski definition) is 3. The van der Waals surface area contributed by atoms with Gasteiger partial charge in [0.25, 0.3) is 5.72 Å². The van der Waals surface area contributed by atoms with Gasteiger partial charge in [-0.2, -0.15) is 15.0 Å². The Hall–Kier alpha value is -2.32. The van der Waals surface area contributed by atoms with Crippen LogP contribution in [0.1, 0.15) is 6.92 Å². The molecule has 1 aromatic heterocycles. The average molecular weight is 322 g/mol. The largest absolute Gasteiger partial charge is 0.387 e. The maximum Gasteiger partial charge on any atom is 0.283 e. The van der Waals surface area contributed by atoms with Crippen molar-refractivity contribution < 1.29 is 19.7 Å². The number of nitrogen functional groups attached to an aromatic ring is 1. The smallest absolute Gasteiger partial charge is 0.283 e. The molecule has 1 saturated heterocycles. The topological polar surface area (TPSA) is 152 Å². The molecule has 1 aromatic rings. The molecule has 0 unspecified atom stereocenters. The summed E-state index contributed by atoms with van der Waals surface area (Å²) < 4.78 is 11.6. The fourth-order valence-electron chi connectivity index (χ4n) is 2.50. The SMILES string of the molecule is C=C/N=c1/c(N)ncnn1[C@]1(C#N)O[C@H](COC)[C@@H](O)[C@@]1(C)O. The Kier molecular flexibility index (Phi) is 4.49. The number of nitrogens with zero attached hydrogens (tertiary/aromatic N) is 5. The summed E-state index contributed by atoms with van der Waals surface area (Å²) in [4.78, 5) is 7.71. The van der Waals surface area contributed by atoms with Crippen molar-refractivity contribution >= 4 is 5.82 Å². The Bertz CT molecular complexity index is 709. The summed E-state index contributed by atoms with van der Waals surface area (Å²) in [7, 11) is 1.41. The van der Waals surface area contributed by atoms with Gasteiger partial charge in [0.15, 0.2) is 16.9 Å². The molecule has 4 atom stereocenters. The number of nitrogens with two attached hydrogens (primary N) is 1. The molecule has 1 aliphatic heterocycles. The molecule has 0 radical (unpaired) electrons. The molecule has 10 nitrogen and oxygen atoms in total. The second-order valence-electron chi connectivity index (χ2n) is 5.15. The van der Waals surface area contributed by atoms with Crippen molar-refractivity contribution in [1.82, 2.24) is 14.8 Å². The van der Waals surface area contributed by atoms with Gasteiger partial charge in [-0.15, -0.1) is 0 Å². The molecule has 2 rings (SSSR count). The maximum absolute atomic E-state index is 10.8. The van der Waals surface area contributed by atoms with Gasteiger partial charge < -0.3 is 25.4 Å². The molecule has 4 N–H and O–H groups in total. The summed E-state index contributed by atoms with van der Waals surface area (Å²) in [6, 6.07) is 1.86. The zero-order valence-corrected chi connectivity index (χ0v) is 12.7. The van der Waals surface area contributed by atoms with E-state index in [2.05, 4.69) is 21.7 Å². The summed E-state index contributed by atoms with van der Waals surface area (Å²) in [5.41, 5.74) is 1.64. The number of aromatic nitrogens is 3. The van der Waals surface area contributed by atoms with Gasteiger partial charge in [0.05, 0.1) is 6.61 Å². The van der Waals surface area contributed by atoms with Crippen LogP contribution < -0.4 is 11.2 Å². The molecule has 0 aliphatic carbocycles. The van der Waals surface area contributed by atoms with E-state index in [0.717, 1.165) is 11.0 Å². The van der Waals surface area contributed by atoms with E-state index in [-0.39, 0.29) is 17.9 Å². The van der Waals surface area contributed by atoms with Crippen LogP contribution in [0.2, 0.25) is 0 Å². The Labute approximate surface area is 132 Å². The monoisotopic (exact) mass is 322 g/mol. The number of aliphatic hydroxyl groups excluding tert-OH is 1. The van der Waals surface area contributed by atoms with E-state index >= 15 is 0 Å². The van der Waals surface area contributed by atoms with Crippen LogP contribution in [0.25, 0.3) is 0 Å². The van der Waals surface area contributed by atoms with Gasteiger partial charge in [-0.05, 0) is 6.92 Å². The van der Waals surface area contributed by atoms with Gasteiger partial charge in [0.2, 0.25) is 0 Å². The fourth-order valence-corrected chi connectivity index (χ4v) is 2.50. The van der Waals surface area contributed by atoms with Crippen LogP contribution in [0, 0.1) is 11.3 Å². The molecular weight excluding hydrogens is 304 g/mol. The summed E-state index contributed by atoms with van der Waals surface area (Å²) >= 11 is 0. The number of hydrogen-bond acceptors (Lipinski definition) is 9. The van der Waals surface area contributed by atoms with Crippen LogP contribution in [0.15, 0.2) is 24.1 Å². The Morgan fingerprint density at radius 1 is 1.74 bits per heavy atom. The van der Waals surface area contributed by atoms with Gasteiger partial charge in [-0.3, -0.25) is 0 Å². The van der Waals surface area contributed by atoms with Gasteiger partial charge in [0, 0.05) is 13.3 Å². The highest BCUT2D eigenvalue weighted by atomic mass is 16.6. The first kappa shape index (κ1) is 17.0. The van der Waals surface area contributed by atoms with Crippen LogP contribution in [0.4, 0.5) is 5.82 Å². The molecule has 0 bridgehead atoms. The number of anilines is 1. The van der Waals surface area contributed by atoms with E-state index in [0.29, 0.717) is 0 Å². The molecule has 0 saturated carbocycles. The van der Waals surface area contributed by atoms with Gasteiger partial charge >= 0.3 is 0 Å². The van der Waals surface area contributed by atoms with Gasteiger partial charge in [-0.25, -0.2) is 9.98 Å². The number of aliphatic hydroxyl groups is 2. The minimum absolute atomic E-state index is 0.0319. The summed E-state index contributed by atoms with van der Waals surface area (Å²) in [5, 5.41) is 34.7. The molecule has 0 amide bonds. The van der Waals surface area contributed by atoms with E-state index in [1.165, 1.54) is 20.2 Å². The summed E-state index contributed by atoms with van der Waals surface area (Å²) in [6.45, 7) is 4.69. The van der Waals surface area contributed by atoms with Crippen LogP contribution in [-0.2, 0) is 15.2 Å². The number of methoxy groups -OCH3 is 1. The quantitative estimate of drug-likeness (QED) is 0.589. The first-order valence-corrected chi connectivity index (χ1v) is 6.69. The van der Waals surface area contributed by atoms with Crippen molar-refractivity contribution in [3.63, 3.8) is 0 Å². The average Bonchev–Trinajstić information content (AvgIpc) is 2.71. The zero-order chi connectivity index (χ0) is 17.3. The molecule has 124 valence electrons. The van der Waals surface area contributed by atoms with Crippen molar-refractivity contribution in [2.45, 2.75) is 30.5 Å². The van der Waals surface area contributed by atoms with Crippen LogP contribution in [0.3, 0.4) is 0 Å². The number of rotatable bonds is 4. The molecule has 10 heteroatoms. The zero-order valence-electron chi connectivity index (χ0n) is 12.7. The first-order chi connectivity index (χ1) is 10.9. The van der Waals surface area contributed by atoms with Gasteiger partial charge in [0.1, 0.15) is 24.6 Å². The standard InChI is InChI=1S/C13H18N6O4/c1-4-16-11-10(15)17-7-18-19(11)13(6-14)12(2,21)9(20)8(23-13)5-22-3/h4,7-9,20-21H,1,5H2,2-3H3,(H2,15,17,18)/b16-11-/t8-,9-,12-,13-/m1/s1. The van der Waals surface area contributed by atoms with Crippen LogP contribution in [-0.4, -0.2) is 56.5 Å². The molecule has 1 fully saturated rings. The van der Waals surface area contributed by atoms with Crippen molar-refractivity contribution in [2.75, 3.05) is 19.5 Å². The minimum atomic E-state index is -2.07. The number of nitriles is 1. The minimum Gasteiger partial charge on any atom is -0.387 e. The predicted octanol–water partition coefficient (Wildman–Crippen LogP) is -1.76. The van der Waals surface area contributed by atoms with E-state index in [9.17, 15) is 15.5 Å². The fraction of sp³-hybridized carbons (Fsp3) is 0.538. The van der Waals surface area contributed by atoms with Crippen molar-refractivity contribution in [3.05, 3.63) is 24.6 Å². The molecule has 2 heterocycles. The van der Waals surface area contributed by atoms with E-state index < -0.39 is 23.5 Å². The second kappa shape index (κ2) is 6.05. The third-order valence-electron chi connectivity index (χ3n) is 3.72. The van der Waals surface area contributed by atoms with Crippen LogP contribution in [0.5, 0.6) is 0 Å². The van der Waals surface area contributed by atoms with E-state index in [1.807, 2.05) is 6.07 Å². The first-order valence-electron chi connectivity index (χ1n) is 6.69. The molecule has 0 aromatic carbocycles. The lowest BCUT2D eigenvalue weighted by Crippen LogP contribution is -2.58. The molecule has 1 aliphatic rings. The normalized spacial score (nSPS) is 34.3. The van der Waals surface area contributed by atoms with Crippen molar-refractivity contribution in [2.24, 2.45) is 4.99 Å². The third-order valence-corrected chi connectivity index (χ3v) is 3.72. The highest BCUT2D eigenvalue weighted by Gasteiger charge is 2.65. The van der Waals surface area contributed by atoms with E-state index in [1.54, 1.807) is 0 Å². The second-order valence-corrected chi connectivity index (χ2v) is 5.15. The highest BCUT2D eigenvalue weighted by Crippen LogP contribution is 2.42. The maximum atomic E-state index is 10.8. The lowest BCUT2D eigenvalue weighted by Gasteiger charge is -2.34. The predicted molar refractivity (Wildman–Crippen MR) is 77.2 cm³/mol. The number of ether oxygens (including phenoxy) is 2. The molecule has 0 spiro atoms. The Balaban J connectivity index is 2.73. The van der Waals surface area contributed by atoms with E-state index in [4.69, 9.17) is 15.2 Å². The summed E-state index contributed by atoms with van der Waals surface area (Å²) in [6.07, 6.45) is -0.0766. The van der Waals surface area contributed by atoms with Crippen molar-refractivity contribution in [1.29, 1.82) is 5.26 Å². The highest BCUT2D eigenvalue weighted by molar-refractivity contribution is 5.25. The van der Waals surface area contributed by atoms with Crippen molar-refractivity contribution in [3.8, 4) is 6.07 Å². The third kappa shape index (κ3) is 2.40. The summed E-state index contributed by atoms with van der Waals surface area (Å²) in [5.74, 6) is -0.0430. The Morgan fingerprint density at radius 3 is 3.00 bits per heavy atom.